The van der Waals surface area contributed by atoms with E-state index in [1.54, 1.807) is 6.07 Å². The second kappa shape index (κ2) is 9.92. The van der Waals surface area contributed by atoms with Crippen LogP contribution in [0, 0.1) is 11.7 Å². The number of rotatable bonds is 11. The van der Waals surface area contributed by atoms with Gasteiger partial charge in [-0.3, -0.25) is 4.72 Å². The number of ether oxygens (including phenoxy) is 1. The third-order valence-corrected chi connectivity index (χ3v) is 8.25. The highest BCUT2D eigenvalue weighted by molar-refractivity contribution is 7.92. The predicted octanol–water partition coefficient (Wildman–Crippen LogP) is 4.49. The first kappa shape index (κ1) is 24.5. The van der Waals surface area contributed by atoms with Gasteiger partial charge < -0.3 is 14.7 Å². The second-order valence-electron chi connectivity index (χ2n) is 8.97. The molecule has 0 spiro atoms. The number of anilines is 1. The number of unbranched alkanes of at least 4 members (excludes halogenated alkanes) is 1. The van der Waals surface area contributed by atoms with Gasteiger partial charge in [0.05, 0.1) is 17.2 Å². The molecule has 0 amide bonds. The highest BCUT2D eigenvalue weighted by Crippen LogP contribution is 2.55. The zero-order valence-corrected chi connectivity index (χ0v) is 20.3. The van der Waals surface area contributed by atoms with E-state index in [1.807, 2.05) is 0 Å². The number of hydrogen-bond donors (Lipinski definition) is 2. The molecule has 1 aliphatic heterocycles. The Bertz CT molecular complexity index is 1180. The van der Waals surface area contributed by atoms with Crippen molar-refractivity contribution in [1.29, 1.82) is 0 Å². The van der Waals surface area contributed by atoms with E-state index in [0.29, 0.717) is 30.9 Å². The summed E-state index contributed by atoms with van der Waals surface area (Å²) in [6.45, 7) is 7.39. The molecule has 2 atom stereocenters. The summed E-state index contributed by atoms with van der Waals surface area (Å²) in [7, 11) is -4.16. The molecule has 9 heteroatoms. The van der Waals surface area contributed by atoms with E-state index in [9.17, 15) is 22.7 Å². The Balaban J connectivity index is 1.58. The third kappa shape index (κ3) is 5.05. The van der Waals surface area contributed by atoms with Crippen molar-refractivity contribution >= 4 is 21.7 Å². The minimum absolute atomic E-state index is 0.0472. The number of sulfonamides is 1. The number of aromatic carboxylic acids is 1. The number of aryl methyl sites for hydroxylation is 1. The highest BCUT2D eigenvalue weighted by Gasteiger charge is 2.45. The zero-order valence-electron chi connectivity index (χ0n) is 19.5. The number of carbonyl (C=O) groups is 1. The van der Waals surface area contributed by atoms with E-state index in [2.05, 4.69) is 23.5 Å². The highest BCUT2D eigenvalue weighted by atomic mass is 32.2. The quantitative estimate of drug-likeness (QED) is 0.451. The first-order chi connectivity index (χ1) is 16.2. The lowest BCUT2D eigenvalue weighted by molar-refractivity contribution is 0.0692. The molecule has 2 aromatic rings. The number of nitrogens with one attached hydrogen (secondary N) is 1. The average Bonchev–Trinajstić information content (AvgIpc) is 3.58. The van der Waals surface area contributed by atoms with Crippen LogP contribution in [0.3, 0.4) is 0 Å². The lowest BCUT2D eigenvalue weighted by Gasteiger charge is -2.21. The number of benzene rings is 2. The Kier molecular flexibility index (Phi) is 7.14. The average molecular weight is 491 g/mol. The van der Waals surface area contributed by atoms with Gasteiger partial charge >= 0.3 is 5.97 Å². The molecular weight excluding hydrogens is 459 g/mol. The summed E-state index contributed by atoms with van der Waals surface area (Å²) < 4.78 is 48.7. The normalized spacial score (nSPS) is 18.7. The molecule has 7 nitrogen and oxygen atoms in total. The molecule has 0 radical (unpaired) electrons. The Labute approximate surface area is 200 Å². The zero-order chi connectivity index (χ0) is 24.5. The third-order valence-electron chi connectivity index (χ3n) is 6.79. The molecule has 2 aliphatic rings. The van der Waals surface area contributed by atoms with Crippen LogP contribution in [0.4, 0.5) is 10.1 Å². The minimum Gasteiger partial charge on any atom is -0.492 e. The first-order valence-corrected chi connectivity index (χ1v) is 13.3. The van der Waals surface area contributed by atoms with Gasteiger partial charge in [-0.2, -0.15) is 0 Å². The van der Waals surface area contributed by atoms with Gasteiger partial charge in [0.2, 0.25) is 0 Å². The van der Waals surface area contributed by atoms with Crippen LogP contribution in [0.25, 0.3) is 0 Å². The monoisotopic (exact) mass is 490 g/mol. The van der Waals surface area contributed by atoms with Gasteiger partial charge in [0.1, 0.15) is 17.1 Å². The molecule has 0 bridgehead atoms. The summed E-state index contributed by atoms with van der Waals surface area (Å²) in [5.74, 6) is -0.857. The summed E-state index contributed by atoms with van der Waals surface area (Å²) in [5.41, 5.74) is 0.947. The van der Waals surface area contributed by atoms with Crippen LogP contribution in [0.5, 0.6) is 5.75 Å². The van der Waals surface area contributed by atoms with Crippen LogP contribution in [0.15, 0.2) is 35.2 Å². The van der Waals surface area contributed by atoms with Crippen molar-refractivity contribution in [3.63, 3.8) is 0 Å². The molecule has 0 aromatic heterocycles. The van der Waals surface area contributed by atoms with E-state index in [4.69, 9.17) is 4.74 Å². The molecule has 4 rings (SSSR count). The molecule has 1 aliphatic carbocycles. The molecule has 2 aromatic carbocycles. The first-order valence-electron chi connectivity index (χ1n) is 11.8. The van der Waals surface area contributed by atoms with Crippen molar-refractivity contribution in [2.75, 3.05) is 31.0 Å². The van der Waals surface area contributed by atoms with Gasteiger partial charge in [0.25, 0.3) is 10.0 Å². The van der Waals surface area contributed by atoms with Crippen molar-refractivity contribution in [1.82, 2.24) is 4.90 Å². The molecule has 1 saturated carbocycles. The van der Waals surface area contributed by atoms with Gasteiger partial charge in [-0.15, -0.1) is 0 Å². The lowest BCUT2D eigenvalue weighted by Crippen LogP contribution is -2.24. The Morgan fingerprint density at radius 3 is 2.68 bits per heavy atom. The Morgan fingerprint density at radius 2 is 1.97 bits per heavy atom. The maximum Gasteiger partial charge on any atom is 0.341 e. The van der Waals surface area contributed by atoms with Crippen LogP contribution in [-0.2, 0) is 16.4 Å². The van der Waals surface area contributed by atoms with E-state index in [0.717, 1.165) is 44.1 Å². The fourth-order valence-corrected chi connectivity index (χ4v) is 6.07. The fourth-order valence-electron chi connectivity index (χ4n) is 4.74. The Morgan fingerprint density at radius 1 is 1.21 bits per heavy atom. The predicted molar refractivity (Wildman–Crippen MR) is 128 cm³/mol. The van der Waals surface area contributed by atoms with Crippen LogP contribution in [0.1, 0.15) is 60.5 Å². The van der Waals surface area contributed by atoms with E-state index in [1.165, 1.54) is 18.2 Å². The van der Waals surface area contributed by atoms with Gasteiger partial charge in [-0.1, -0.05) is 19.9 Å². The summed E-state index contributed by atoms with van der Waals surface area (Å²) in [6, 6.07) is 6.81. The number of hydrogen-bond acceptors (Lipinski definition) is 5. The second-order valence-corrected chi connectivity index (χ2v) is 10.6. The maximum atomic E-state index is 14.0. The summed E-state index contributed by atoms with van der Waals surface area (Å²) in [4.78, 5) is 14.3. The molecule has 0 saturated heterocycles. The molecule has 1 fully saturated rings. The summed E-state index contributed by atoms with van der Waals surface area (Å²) in [5, 5.41) is 9.84. The van der Waals surface area contributed by atoms with Gasteiger partial charge in [-0.25, -0.2) is 17.6 Å². The Hall–Kier alpha value is -2.65. The van der Waals surface area contributed by atoms with Crippen molar-refractivity contribution in [3.05, 3.63) is 52.8 Å². The van der Waals surface area contributed by atoms with Crippen LogP contribution >= 0.6 is 0 Å². The lowest BCUT2D eigenvalue weighted by atomic mass is 10.0. The summed E-state index contributed by atoms with van der Waals surface area (Å²) >= 11 is 0. The van der Waals surface area contributed by atoms with Crippen molar-refractivity contribution in [2.45, 2.75) is 50.3 Å². The number of halogens is 1. The topological polar surface area (TPSA) is 95.9 Å². The number of nitrogens with zero attached hydrogens (tertiary/aromatic N) is 1. The van der Waals surface area contributed by atoms with Gasteiger partial charge in [-0.05, 0) is 86.6 Å². The minimum atomic E-state index is -4.16. The fraction of sp³-hybridized carbons (Fsp3) is 0.480. The molecule has 34 heavy (non-hydrogen) atoms. The number of fused-ring (bicyclic) bond motifs is 3. The van der Waals surface area contributed by atoms with Gasteiger partial charge in [0.15, 0.2) is 0 Å². The molecule has 1 heterocycles. The molecular formula is C25H31FN2O5S. The molecule has 184 valence electrons. The number of carboxylic acid groups (broad SMARTS) is 1. The van der Waals surface area contributed by atoms with E-state index in [-0.39, 0.29) is 27.8 Å². The summed E-state index contributed by atoms with van der Waals surface area (Å²) in [6.07, 6.45) is 2.92. The van der Waals surface area contributed by atoms with E-state index >= 15 is 0 Å². The SMILES string of the molecule is CCN(CC)CCCCc1cc(F)ccc1S(=O)(=O)Nc1ccc2c(c1C(=O)O)OCC1C[C@H]21. The van der Waals surface area contributed by atoms with Crippen LogP contribution in [0.2, 0.25) is 0 Å². The molecule has 1 unspecified atom stereocenters. The van der Waals surface area contributed by atoms with Crippen molar-refractivity contribution in [2.24, 2.45) is 5.92 Å². The van der Waals surface area contributed by atoms with Crippen LogP contribution < -0.4 is 9.46 Å². The molecule has 2 N–H and O–H groups in total. The standard InChI is InChI=1S/C25H31FN2O5S/c1-3-28(4-2)12-6-5-7-16-13-18(26)8-11-22(16)34(31,32)27-21-10-9-19-20-14-17(20)15-33-24(19)23(21)25(29)30/h8-11,13,17,20,27H,3-7,12,14-15H2,1-2H3,(H,29,30)/t17?,20-/m0/s1. The van der Waals surface area contributed by atoms with Crippen molar-refractivity contribution < 1.29 is 27.4 Å². The number of carboxylic acids is 1. The van der Waals surface area contributed by atoms with E-state index < -0.39 is 21.8 Å². The maximum absolute atomic E-state index is 14.0. The van der Waals surface area contributed by atoms with Crippen molar-refractivity contribution in [3.8, 4) is 5.75 Å². The van der Waals surface area contributed by atoms with Gasteiger partial charge in [0, 0.05) is 5.92 Å². The smallest absolute Gasteiger partial charge is 0.341 e. The van der Waals surface area contributed by atoms with Crippen LogP contribution in [-0.4, -0.2) is 50.6 Å². The largest absolute Gasteiger partial charge is 0.492 e.